The van der Waals surface area contributed by atoms with E-state index in [0.717, 1.165) is 6.42 Å². The largest absolute Gasteiger partial charge is 0.506 e. The maximum Gasteiger partial charge on any atom is 0.338 e. The summed E-state index contributed by atoms with van der Waals surface area (Å²) in [5, 5.41) is 9.24. The van der Waals surface area contributed by atoms with Crippen LogP contribution in [0.4, 0.5) is 5.69 Å². The predicted molar refractivity (Wildman–Crippen MR) is 53.1 cm³/mol. The second-order valence-electron chi connectivity index (χ2n) is 2.91. The van der Waals surface area contributed by atoms with Gasteiger partial charge in [-0.15, -0.1) is 0 Å². The number of hydrogen-bond acceptors (Lipinski definition) is 4. The third kappa shape index (κ3) is 2.39. The third-order valence-electron chi connectivity index (χ3n) is 1.70. The Hall–Kier alpha value is -1.71. The van der Waals surface area contributed by atoms with Crippen LogP contribution in [0.15, 0.2) is 18.2 Å². The fraction of sp³-hybridized carbons (Fsp3) is 0.300. The van der Waals surface area contributed by atoms with E-state index in [-0.39, 0.29) is 11.4 Å². The molecule has 1 aromatic carbocycles. The molecule has 4 heteroatoms. The van der Waals surface area contributed by atoms with Crippen LogP contribution >= 0.6 is 0 Å². The highest BCUT2D eigenvalue weighted by Gasteiger charge is 2.08. The molecule has 1 aromatic rings. The molecule has 0 amide bonds. The van der Waals surface area contributed by atoms with E-state index in [1.54, 1.807) is 0 Å². The van der Waals surface area contributed by atoms with Crippen molar-refractivity contribution in [2.45, 2.75) is 13.3 Å². The number of hydrogen-bond donors (Lipinski definition) is 2. The lowest BCUT2D eigenvalue weighted by molar-refractivity contribution is 0.0504. The molecule has 0 aliphatic heterocycles. The van der Waals surface area contributed by atoms with Gasteiger partial charge in [-0.05, 0) is 24.6 Å². The molecule has 0 saturated heterocycles. The molecule has 0 bridgehead atoms. The molecule has 0 aliphatic rings. The van der Waals surface area contributed by atoms with Crippen molar-refractivity contribution in [2.24, 2.45) is 0 Å². The van der Waals surface area contributed by atoms with Gasteiger partial charge < -0.3 is 15.6 Å². The first-order valence-corrected chi connectivity index (χ1v) is 4.40. The highest BCUT2D eigenvalue weighted by atomic mass is 16.5. The van der Waals surface area contributed by atoms with Crippen LogP contribution in [-0.4, -0.2) is 17.7 Å². The third-order valence-corrected chi connectivity index (χ3v) is 1.70. The molecule has 1 rings (SSSR count). The monoisotopic (exact) mass is 195 g/mol. The summed E-state index contributed by atoms with van der Waals surface area (Å²) in [6.45, 7) is 2.29. The molecule has 0 aromatic heterocycles. The first kappa shape index (κ1) is 10.4. The van der Waals surface area contributed by atoms with Gasteiger partial charge in [0.1, 0.15) is 5.75 Å². The van der Waals surface area contributed by atoms with E-state index < -0.39 is 5.97 Å². The van der Waals surface area contributed by atoms with Crippen molar-refractivity contribution >= 4 is 11.7 Å². The Kier molecular flexibility index (Phi) is 3.34. The zero-order valence-electron chi connectivity index (χ0n) is 7.99. The van der Waals surface area contributed by atoms with E-state index >= 15 is 0 Å². The van der Waals surface area contributed by atoms with Crippen molar-refractivity contribution in [3.05, 3.63) is 23.8 Å². The van der Waals surface area contributed by atoms with E-state index in [4.69, 9.17) is 10.5 Å². The fourth-order valence-electron chi connectivity index (χ4n) is 0.949. The van der Waals surface area contributed by atoms with Gasteiger partial charge in [0.25, 0.3) is 0 Å². The Labute approximate surface area is 82.3 Å². The molecule has 0 aliphatic carbocycles. The summed E-state index contributed by atoms with van der Waals surface area (Å²) < 4.78 is 4.88. The first-order chi connectivity index (χ1) is 6.65. The lowest BCUT2D eigenvalue weighted by Gasteiger charge is -2.04. The maximum atomic E-state index is 11.3. The fourth-order valence-corrected chi connectivity index (χ4v) is 0.949. The number of nitrogen functional groups attached to an aromatic ring is 1. The molecule has 0 radical (unpaired) electrons. The second kappa shape index (κ2) is 4.50. The summed E-state index contributed by atoms with van der Waals surface area (Å²) >= 11 is 0. The van der Waals surface area contributed by atoms with Gasteiger partial charge in [-0.3, -0.25) is 0 Å². The standard InChI is InChI=1S/C10H13NO3/c1-2-5-14-10(13)7-3-4-8(11)9(12)6-7/h3-4,6,12H,2,5,11H2,1H3. The molecule has 0 fully saturated rings. The molecule has 0 heterocycles. The number of carbonyl (C=O) groups excluding carboxylic acids is 1. The number of phenols is 1. The Morgan fingerprint density at radius 3 is 2.86 bits per heavy atom. The van der Waals surface area contributed by atoms with E-state index in [1.165, 1.54) is 18.2 Å². The molecule has 76 valence electrons. The predicted octanol–water partition coefficient (Wildman–Crippen LogP) is 1.54. The van der Waals surface area contributed by atoms with E-state index in [0.29, 0.717) is 12.2 Å². The summed E-state index contributed by atoms with van der Waals surface area (Å²) in [6.07, 6.45) is 0.771. The van der Waals surface area contributed by atoms with Crippen LogP contribution in [0.2, 0.25) is 0 Å². The smallest absolute Gasteiger partial charge is 0.338 e. The van der Waals surface area contributed by atoms with Crippen LogP contribution in [0.25, 0.3) is 0 Å². The minimum absolute atomic E-state index is 0.101. The van der Waals surface area contributed by atoms with Gasteiger partial charge >= 0.3 is 5.97 Å². The number of benzene rings is 1. The SMILES string of the molecule is CCCOC(=O)c1ccc(N)c(O)c1. The summed E-state index contributed by atoms with van der Waals surface area (Å²) in [5.74, 6) is -0.543. The van der Waals surface area contributed by atoms with Crippen LogP contribution < -0.4 is 5.73 Å². The number of esters is 1. The van der Waals surface area contributed by atoms with Gasteiger partial charge in [0.15, 0.2) is 0 Å². The Morgan fingerprint density at radius 2 is 2.29 bits per heavy atom. The molecular formula is C10H13NO3. The number of anilines is 1. The average Bonchev–Trinajstić information content (AvgIpc) is 2.18. The van der Waals surface area contributed by atoms with Gasteiger partial charge in [0, 0.05) is 0 Å². The van der Waals surface area contributed by atoms with Crippen LogP contribution in [-0.2, 0) is 4.74 Å². The molecule has 0 spiro atoms. The second-order valence-corrected chi connectivity index (χ2v) is 2.91. The first-order valence-electron chi connectivity index (χ1n) is 4.40. The van der Waals surface area contributed by atoms with Crippen molar-refractivity contribution in [2.75, 3.05) is 12.3 Å². The summed E-state index contributed by atoms with van der Waals surface area (Å²) in [4.78, 5) is 11.3. The minimum Gasteiger partial charge on any atom is -0.506 e. The topological polar surface area (TPSA) is 72.5 Å². The molecule has 0 atom stereocenters. The number of rotatable bonds is 3. The van der Waals surface area contributed by atoms with Crippen LogP contribution in [0.3, 0.4) is 0 Å². The highest BCUT2D eigenvalue weighted by molar-refractivity contribution is 5.90. The zero-order chi connectivity index (χ0) is 10.6. The Bertz CT molecular complexity index is 336. The average molecular weight is 195 g/mol. The molecule has 0 unspecified atom stereocenters. The van der Waals surface area contributed by atoms with Crippen molar-refractivity contribution in [3.8, 4) is 5.75 Å². The molecule has 14 heavy (non-hydrogen) atoms. The van der Waals surface area contributed by atoms with Gasteiger partial charge in [-0.2, -0.15) is 0 Å². The zero-order valence-corrected chi connectivity index (χ0v) is 7.99. The highest BCUT2D eigenvalue weighted by Crippen LogP contribution is 2.20. The molecular weight excluding hydrogens is 182 g/mol. The Morgan fingerprint density at radius 1 is 1.57 bits per heavy atom. The van der Waals surface area contributed by atoms with Crippen LogP contribution in [0, 0.1) is 0 Å². The normalized spacial score (nSPS) is 9.79. The molecule has 4 nitrogen and oxygen atoms in total. The Balaban J connectivity index is 2.76. The lowest BCUT2D eigenvalue weighted by Crippen LogP contribution is -2.05. The summed E-state index contributed by atoms with van der Waals surface area (Å²) in [7, 11) is 0. The van der Waals surface area contributed by atoms with E-state index in [1.807, 2.05) is 6.92 Å². The number of phenolic OH excluding ortho intramolecular Hbond substituents is 1. The van der Waals surface area contributed by atoms with Gasteiger partial charge in [-0.1, -0.05) is 6.92 Å². The lowest BCUT2D eigenvalue weighted by atomic mass is 10.2. The molecule has 0 saturated carbocycles. The maximum absolute atomic E-state index is 11.3. The number of aromatic hydroxyl groups is 1. The van der Waals surface area contributed by atoms with Crippen molar-refractivity contribution < 1.29 is 14.6 Å². The van der Waals surface area contributed by atoms with Crippen molar-refractivity contribution in [3.63, 3.8) is 0 Å². The summed E-state index contributed by atoms with van der Waals surface area (Å²) in [5.41, 5.74) is 5.94. The quantitative estimate of drug-likeness (QED) is 0.436. The molecule has 3 N–H and O–H groups in total. The van der Waals surface area contributed by atoms with Gasteiger partial charge in [-0.25, -0.2) is 4.79 Å². The number of nitrogens with two attached hydrogens (primary N) is 1. The number of carbonyl (C=O) groups is 1. The summed E-state index contributed by atoms with van der Waals surface area (Å²) in [6, 6.07) is 4.29. The van der Waals surface area contributed by atoms with Crippen molar-refractivity contribution in [1.29, 1.82) is 0 Å². The number of ether oxygens (including phenoxy) is 1. The van der Waals surface area contributed by atoms with Crippen LogP contribution in [0.1, 0.15) is 23.7 Å². The van der Waals surface area contributed by atoms with Crippen molar-refractivity contribution in [1.82, 2.24) is 0 Å². The van der Waals surface area contributed by atoms with E-state index in [2.05, 4.69) is 0 Å². The van der Waals surface area contributed by atoms with E-state index in [9.17, 15) is 9.90 Å². The van der Waals surface area contributed by atoms with Gasteiger partial charge in [0.2, 0.25) is 0 Å². The van der Waals surface area contributed by atoms with Gasteiger partial charge in [0.05, 0.1) is 17.9 Å². The minimum atomic E-state index is -0.442. The van der Waals surface area contributed by atoms with Crippen LogP contribution in [0.5, 0.6) is 5.75 Å².